The van der Waals surface area contributed by atoms with Gasteiger partial charge in [0.2, 0.25) is 0 Å². The van der Waals surface area contributed by atoms with E-state index in [0.717, 1.165) is 17.7 Å². The van der Waals surface area contributed by atoms with Gasteiger partial charge in [-0.3, -0.25) is 14.9 Å². The second kappa shape index (κ2) is 10.9. The van der Waals surface area contributed by atoms with Gasteiger partial charge in [0.25, 0.3) is 0 Å². The van der Waals surface area contributed by atoms with Gasteiger partial charge < -0.3 is 10.6 Å². The lowest BCUT2D eigenvalue weighted by Crippen LogP contribution is -2.45. The monoisotopic (exact) mass is 485 g/mol. The molecule has 2 heterocycles. The van der Waals surface area contributed by atoms with Gasteiger partial charge in [-0.1, -0.05) is 6.07 Å². The van der Waals surface area contributed by atoms with Crippen LogP contribution in [0.3, 0.4) is 0 Å². The number of rotatable bonds is 6. The second-order valence-electron chi connectivity index (χ2n) is 6.30. The number of hydrogen-bond acceptors (Lipinski definition) is 3. The summed E-state index contributed by atoms with van der Waals surface area (Å²) in [5.41, 5.74) is 2.09. The molecule has 1 saturated heterocycles. The molecule has 1 atom stereocenters. The van der Waals surface area contributed by atoms with Crippen LogP contribution in [0.25, 0.3) is 0 Å². The summed E-state index contributed by atoms with van der Waals surface area (Å²) in [5, 5.41) is 6.39. The van der Waals surface area contributed by atoms with E-state index >= 15 is 0 Å². The molecule has 26 heavy (non-hydrogen) atoms. The van der Waals surface area contributed by atoms with Gasteiger partial charge in [0.15, 0.2) is 5.96 Å². The summed E-state index contributed by atoms with van der Waals surface area (Å²) in [5.74, 6) is 0.654. The summed E-state index contributed by atoms with van der Waals surface area (Å²) in [4.78, 5) is 10.2. The number of hydrogen-bond donors (Lipinski definition) is 2. The number of nitrogens with one attached hydrogen (secondary N) is 2. The van der Waals surface area contributed by atoms with Gasteiger partial charge in [0, 0.05) is 44.1 Å². The van der Waals surface area contributed by atoms with Gasteiger partial charge >= 0.3 is 6.18 Å². The Labute approximate surface area is 169 Å². The Morgan fingerprint density at radius 1 is 1.38 bits per heavy atom. The molecule has 2 rings (SSSR count). The summed E-state index contributed by atoms with van der Waals surface area (Å²) in [6.07, 6.45) is -0.843. The molecule has 0 saturated carbocycles. The lowest BCUT2D eigenvalue weighted by Gasteiger charge is -2.19. The minimum Gasteiger partial charge on any atom is -0.357 e. The summed E-state index contributed by atoms with van der Waals surface area (Å²) in [6.45, 7) is 5.19. The highest BCUT2D eigenvalue weighted by molar-refractivity contribution is 14.0. The number of halogens is 4. The Hall–Kier alpha value is -1.10. The number of alkyl halides is 3. The SMILES string of the molecule is CCNC(=NCCc1ccc(C)nc1)NC1CCN(CC(F)(F)F)C1.I. The molecular weight excluding hydrogens is 458 g/mol. The van der Waals surface area contributed by atoms with Crippen molar-refractivity contribution >= 4 is 29.9 Å². The summed E-state index contributed by atoms with van der Waals surface area (Å²) >= 11 is 0. The number of guanidine groups is 1. The molecule has 1 aliphatic rings. The van der Waals surface area contributed by atoms with E-state index in [9.17, 15) is 13.2 Å². The van der Waals surface area contributed by atoms with Crippen molar-refractivity contribution in [2.75, 3.05) is 32.7 Å². The Morgan fingerprint density at radius 2 is 2.15 bits per heavy atom. The first kappa shape index (κ1) is 22.9. The third-order valence-electron chi connectivity index (χ3n) is 4.00. The van der Waals surface area contributed by atoms with Gasteiger partial charge in [-0.2, -0.15) is 13.2 Å². The van der Waals surface area contributed by atoms with E-state index in [2.05, 4.69) is 20.6 Å². The highest BCUT2D eigenvalue weighted by atomic mass is 127. The van der Waals surface area contributed by atoms with Crippen LogP contribution in [0.4, 0.5) is 13.2 Å². The second-order valence-corrected chi connectivity index (χ2v) is 6.30. The van der Waals surface area contributed by atoms with Crippen LogP contribution in [0.5, 0.6) is 0 Å². The molecule has 1 aromatic rings. The van der Waals surface area contributed by atoms with Crippen LogP contribution in [0.1, 0.15) is 24.6 Å². The molecule has 1 aliphatic heterocycles. The van der Waals surface area contributed by atoms with Crippen molar-refractivity contribution in [3.05, 3.63) is 29.6 Å². The van der Waals surface area contributed by atoms with E-state index in [4.69, 9.17) is 0 Å². The third-order valence-corrected chi connectivity index (χ3v) is 4.00. The van der Waals surface area contributed by atoms with Crippen molar-refractivity contribution in [1.29, 1.82) is 0 Å². The van der Waals surface area contributed by atoms with Crippen molar-refractivity contribution in [2.24, 2.45) is 4.99 Å². The van der Waals surface area contributed by atoms with Crippen molar-refractivity contribution in [1.82, 2.24) is 20.5 Å². The zero-order valence-electron chi connectivity index (χ0n) is 15.1. The Bertz CT molecular complexity index is 563. The maximum Gasteiger partial charge on any atom is 0.401 e. The lowest BCUT2D eigenvalue weighted by molar-refractivity contribution is -0.143. The highest BCUT2D eigenvalue weighted by Crippen LogP contribution is 2.19. The smallest absolute Gasteiger partial charge is 0.357 e. The van der Waals surface area contributed by atoms with Gasteiger partial charge in [-0.25, -0.2) is 0 Å². The van der Waals surface area contributed by atoms with Crippen LogP contribution in [-0.4, -0.2) is 60.8 Å². The summed E-state index contributed by atoms with van der Waals surface area (Å²) in [6, 6.07) is 3.99. The fraction of sp³-hybridized carbons (Fsp3) is 0.647. The van der Waals surface area contributed by atoms with Crippen LogP contribution in [-0.2, 0) is 6.42 Å². The van der Waals surface area contributed by atoms with Crippen LogP contribution >= 0.6 is 24.0 Å². The zero-order valence-corrected chi connectivity index (χ0v) is 17.5. The molecule has 0 amide bonds. The topological polar surface area (TPSA) is 52.6 Å². The number of aliphatic imine (C=N–C) groups is 1. The number of nitrogens with zero attached hydrogens (tertiary/aromatic N) is 3. The Morgan fingerprint density at radius 3 is 2.77 bits per heavy atom. The fourth-order valence-corrected chi connectivity index (χ4v) is 2.80. The standard InChI is InChI=1S/C17H26F3N5.HI/c1-3-21-16(22-8-6-14-5-4-13(2)23-10-14)24-15-7-9-25(11-15)12-17(18,19)20;/h4-5,10,15H,3,6-9,11-12H2,1-2H3,(H2,21,22,24);1H. The van der Waals surface area contributed by atoms with Crippen LogP contribution < -0.4 is 10.6 Å². The molecule has 0 bridgehead atoms. The van der Waals surface area contributed by atoms with E-state index in [0.29, 0.717) is 38.6 Å². The maximum absolute atomic E-state index is 12.5. The van der Waals surface area contributed by atoms with Crippen LogP contribution in [0.15, 0.2) is 23.3 Å². The van der Waals surface area contributed by atoms with E-state index in [1.807, 2.05) is 32.2 Å². The van der Waals surface area contributed by atoms with Gasteiger partial charge in [0.05, 0.1) is 6.54 Å². The molecule has 2 N–H and O–H groups in total. The molecule has 9 heteroatoms. The summed E-state index contributed by atoms with van der Waals surface area (Å²) < 4.78 is 37.4. The van der Waals surface area contributed by atoms with Crippen molar-refractivity contribution in [3.8, 4) is 0 Å². The Kier molecular flexibility index (Phi) is 9.62. The van der Waals surface area contributed by atoms with E-state index in [-0.39, 0.29) is 30.0 Å². The quantitative estimate of drug-likeness (QED) is 0.370. The molecule has 148 valence electrons. The predicted molar refractivity (Wildman–Crippen MR) is 108 cm³/mol. The van der Waals surface area contributed by atoms with Crippen LogP contribution in [0, 0.1) is 6.92 Å². The van der Waals surface area contributed by atoms with Gasteiger partial charge in [0.1, 0.15) is 0 Å². The molecule has 0 aromatic carbocycles. The molecule has 0 radical (unpaired) electrons. The number of aryl methyl sites for hydroxylation is 1. The minimum atomic E-state index is -4.14. The molecule has 5 nitrogen and oxygen atoms in total. The van der Waals surface area contributed by atoms with Crippen molar-refractivity contribution in [3.63, 3.8) is 0 Å². The van der Waals surface area contributed by atoms with Gasteiger partial charge in [-0.15, -0.1) is 24.0 Å². The van der Waals surface area contributed by atoms with Crippen molar-refractivity contribution < 1.29 is 13.2 Å². The lowest BCUT2D eigenvalue weighted by atomic mass is 10.2. The molecule has 1 unspecified atom stereocenters. The van der Waals surface area contributed by atoms with E-state index < -0.39 is 12.7 Å². The number of pyridine rings is 1. The predicted octanol–water partition coefficient (Wildman–Crippen LogP) is 2.74. The zero-order chi connectivity index (χ0) is 18.3. The first-order valence-electron chi connectivity index (χ1n) is 8.61. The minimum absolute atomic E-state index is 0. The van der Waals surface area contributed by atoms with Gasteiger partial charge in [-0.05, 0) is 38.3 Å². The van der Waals surface area contributed by atoms with Crippen LogP contribution in [0.2, 0.25) is 0 Å². The molecule has 1 aromatic heterocycles. The van der Waals surface area contributed by atoms with E-state index in [1.54, 1.807) is 0 Å². The summed E-state index contributed by atoms with van der Waals surface area (Å²) in [7, 11) is 0. The molecule has 0 spiro atoms. The maximum atomic E-state index is 12.5. The molecular formula is C17H27F3IN5. The van der Waals surface area contributed by atoms with E-state index in [1.165, 1.54) is 4.90 Å². The highest BCUT2D eigenvalue weighted by Gasteiger charge is 2.34. The molecule has 1 fully saturated rings. The molecule has 0 aliphatic carbocycles. The fourth-order valence-electron chi connectivity index (χ4n) is 2.80. The largest absolute Gasteiger partial charge is 0.401 e. The number of aromatic nitrogens is 1. The normalized spacial score (nSPS) is 18.5. The first-order chi connectivity index (χ1) is 11.9. The Balaban J connectivity index is 0.00000338. The average Bonchev–Trinajstić information content (AvgIpc) is 2.94. The van der Waals surface area contributed by atoms with Crippen molar-refractivity contribution in [2.45, 2.75) is 38.9 Å². The first-order valence-corrected chi connectivity index (χ1v) is 8.61. The average molecular weight is 485 g/mol. The number of likely N-dealkylation sites (tertiary alicyclic amines) is 1. The third kappa shape index (κ3) is 8.52.